The van der Waals surface area contributed by atoms with Crippen LogP contribution in [-0.4, -0.2) is 60.6 Å². The number of nitrogens with zero attached hydrogens (tertiary/aromatic N) is 2. The molecule has 2 N–H and O–H groups in total. The first kappa shape index (κ1) is 24.0. The average Bonchev–Trinajstić information content (AvgIpc) is 2.56. The molecule has 2 aliphatic heterocycles. The van der Waals surface area contributed by atoms with E-state index in [9.17, 15) is 4.79 Å². The van der Waals surface area contributed by atoms with Crippen LogP contribution < -0.4 is 5.73 Å². The zero-order valence-electron chi connectivity index (χ0n) is 16.3. The Morgan fingerprint density at radius 3 is 2.19 bits per heavy atom. The van der Waals surface area contributed by atoms with E-state index in [0.29, 0.717) is 24.5 Å². The Balaban J connectivity index is 0.00000182. The van der Waals surface area contributed by atoms with Crippen molar-refractivity contribution in [2.75, 3.05) is 38.5 Å². The van der Waals surface area contributed by atoms with Crippen molar-refractivity contribution in [3.05, 3.63) is 29.8 Å². The summed E-state index contributed by atoms with van der Waals surface area (Å²) in [6.45, 7) is 9.27. The lowest BCUT2D eigenvalue weighted by Crippen LogP contribution is -2.48. The molecule has 27 heavy (non-hydrogen) atoms. The molecular formula is C20H33Cl2N3O2. The van der Waals surface area contributed by atoms with Crippen LogP contribution in [0.2, 0.25) is 0 Å². The lowest BCUT2D eigenvalue weighted by molar-refractivity contribution is -0.132. The molecule has 0 bridgehead atoms. The quantitative estimate of drug-likeness (QED) is 0.764. The first-order chi connectivity index (χ1) is 12.0. The van der Waals surface area contributed by atoms with Gasteiger partial charge in [-0.1, -0.05) is 12.1 Å². The van der Waals surface area contributed by atoms with Gasteiger partial charge in [0.15, 0.2) is 0 Å². The monoisotopic (exact) mass is 417 g/mol. The lowest BCUT2D eigenvalue weighted by atomic mass is 9.95. The summed E-state index contributed by atoms with van der Waals surface area (Å²) < 4.78 is 5.82. The molecule has 1 aromatic rings. The van der Waals surface area contributed by atoms with Gasteiger partial charge in [-0.05, 0) is 50.3 Å². The SMILES string of the molecule is CC1CN(CC2CCN(C(=O)Cc3ccc(N)cc3)CC2)CC(C)O1.Cl.Cl. The number of piperidine rings is 1. The van der Waals surface area contributed by atoms with Gasteiger partial charge in [0.2, 0.25) is 5.91 Å². The van der Waals surface area contributed by atoms with Gasteiger partial charge in [-0.3, -0.25) is 9.69 Å². The number of amides is 1. The van der Waals surface area contributed by atoms with E-state index in [2.05, 4.69) is 18.7 Å². The minimum Gasteiger partial charge on any atom is -0.399 e. The predicted octanol–water partition coefficient (Wildman–Crippen LogP) is 3.00. The summed E-state index contributed by atoms with van der Waals surface area (Å²) in [5, 5.41) is 0. The number of halogens is 2. The van der Waals surface area contributed by atoms with Crippen molar-refractivity contribution in [1.82, 2.24) is 9.80 Å². The number of morpholine rings is 1. The fourth-order valence-corrected chi connectivity index (χ4v) is 4.09. The van der Waals surface area contributed by atoms with Crippen molar-refractivity contribution < 1.29 is 9.53 Å². The summed E-state index contributed by atoms with van der Waals surface area (Å²) in [5.74, 6) is 0.926. The van der Waals surface area contributed by atoms with E-state index < -0.39 is 0 Å². The molecule has 1 amide bonds. The van der Waals surface area contributed by atoms with Crippen LogP contribution in [0.1, 0.15) is 32.3 Å². The summed E-state index contributed by atoms with van der Waals surface area (Å²) >= 11 is 0. The summed E-state index contributed by atoms with van der Waals surface area (Å²) in [6.07, 6.45) is 3.33. The molecule has 3 rings (SSSR count). The van der Waals surface area contributed by atoms with Crippen molar-refractivity contribution in [3.63, 3.8) is 0 Å². The highest BCUT2D eigenvalue weighted by Crippen LogP contribution is 2.21. The second-order valence-electron chi connectivity index (χ2n) is 7.72. The van der Waals surface area contributed by atoms with E-state index in [1.165, 1.54) is 0 Å². The Labute approximate surface area is 175 Å². The van der Waals surface area contributed by atoms with Gasteiger partial charge in [-0.25, -0.2) is 0 Å². The summed E-state index contributed by atoms with van der Waals surface area (Å²) in [4.78, 5) is 17.1. The van der Waals surface area contributed by atoms with Crippen molar-refractivity contribution in [1.29, 1.82) is 0 Å². The number of benzene rings is 1. The van der Waals surface area contributed by atoms with E-state index in [0.717, 1.165) is 56.8 Å². The zero-order chi connectivity index (χ0) is 17.8. The smallest absolute Gasteiger partial charge is 0.226 e. The van der Waals surface area contributed by atoms with Crippen molar-refractivity contribution in [3.8, 4) is 0 Å². The van der Waals surface area contributed by atoms with E-state index in [4.69, 9.17) is 10.5 Å². The van der Waals surface area contributed by atoms with Gasteiger partial charge in [0.05, 0.1) is 18.6 Å². The third-order valence-electron chi connectivity index (χ3n) is 5.31. The van der Waals surface area contributed by atoms with E-state index in [1.807, 2.05) is 29.2 Å². The standard InChI is InChI=1S/C20H31N3O2.2ClH/c1-15-12-22(13-16(2)25-15)14-18-7-9-23(10-8-18)20(24)11-17-3-5-19(21)6-4-17;;/h3-6,15-16,18H,7-14,21H2,1-2H3;2*1H. The Kier molecular flexibility index (Phi) is 9.88. The van der Waals surface area contributed by atoms with Crippen molar-refractivity contribution in [2.24, 2.45) is 5.92 Å². The molecular weight excluding hydrogens is 385 g/mol. The maximum absolute atomic E-state index is 12.5. The molecule has 0 aliphatic carbocycles. The molecule has 2 fully saturated rings. The van der Waals surface area contributed by atoms with Gasteiger partial charge in [-0.2, -0.15) is 0 Å². The predicted molar refractivity (Wildman–Crippen MR) is 115 cm³/mol. The van der Waals surface area contributed by atoms with Crippen molar-refractivity contribution >= 4 is 36.4 Å². The van der Waals surface area contributed by atoms with Crippen LogP contribution in [0.3, 0.4) is 0 Å². The molecule has 0 saturated carbocycles. The minimum absolute atomic E-state index is 0. The third-order valence-corrected chi connectivity index (χ3v) is 5.31. The second kappa shape index (κ2) is 11.1. The summed E-state index contributed by atoms with van der Waals surface area (Å²) in [6, 6.07) is 7.61. The Bertz CT molecular complexity index is 567. The molecule has 0 radical (unpaired) electrons. The normalized spacial score (nSPS) is 24.0. The largest absolute Gasteiger partial charge is 0.399 e. The number of nitrogen functional groups attached to an aromatic ring is 1. The van der Waals surface area contributed by atoms with Gasteiger partial charge < -0.3 is 15.4 Å². The average molecular weight is 418 g/mol. The van der Waals surface area contributed by atoms with Crippen LogP contribution in [0.4, 0.5) is 5.69 Å². The van der Waals surface area contributed by atoms with Gasteiger partial charge in [0.25, 0.3) is 0 Å². The number of likely N-dealkylation sites (tertiary alicyclic amines) is 1. The van der Waals surface area contributed by atoms with Gasteiger partial charge in [0.1, 0.15) is 0 Å². The molecule has 154 valence electrons. The molecule has 1 aromatic carbocycles. The van der Waals surface area contributed by atoms with Crippen LogP contribution in [0.25, 0.3) is 0 Å². The summed E-state index contributed by atoms with van der Waals surface area (Å²) in [7, 11) is 0. The van der Waals surface area contributed by atoms with E-state index >= 15 is 0 Å². The van der Waals surface area contributed by atoms with Crippen LogP contribution in [-0.2, 0) is 16.0 Å². The highest BCUT2D eigenvalue weighted by atomic mass is 35.5. The Morgan fingerprint density at radius 2 is 1.63 bits per heavy atom. The fourth-order valence-electron chi connectivity index (χ4n) is 4.09. The van der Waals surface area contributed by atoms with Crippen LogP contribution in [0.5, 0.6) is 0 Å². The maximum atomic E-state index is 12.5. The Morgan fingerprint density at radius 1 is 1.07 bits per heavy atom. The van der Waals surface area contributed by atoms with Gasteiger partial charge in [-0.15, -0.1) is 24.8 Å². The number of carbonyl (C=O) groups is 1. The molecule has 2 unspecified atom stereocenters. The molecule has 2 heterocycles. The molecule has 0 aromatic heterocycles. The maximum Gasteiger partial charge on any atom is 0.226 e. The molecule has 0 spiro atoms. The number of rotatable bonds is 4. The topological polar surface area (TPSA) is 58.8 Å². The number of hydrogen-bond donors (Lipinski definition) is 1. The summed E-state index contributed by atoms with van der Waals surface area (Å²) in [5.41, 5.74) is 7.48. The third kappa shape index (κ3) is 7.15. The molecule has 2 atom stereocenters. The number of hydrogen-bond acceptors (Lipinski definition) is 4. The molecule has 2 aliphatic rings. The molecule has 7 heteroatoms. The number of anilines is 1. The van der Waals surface area contributed by atoms with E-state index in [-0.39, 0.29) is 30.7 Å². The first-order valence-corrected chi connectivity index (χ1v) is 9.49. The minimum atomic E-state index is 0. The fraction of sp³-hybridized carbons (Fsp3) is 0.650. The van der Waals surface area contributed by atoms with E-state index in [1.54, 1.807) is 0 Å². The highest BCUT2D eigenvalue weighted by Gasteiger charge is 2.27. The number of ether oxygens (including phenoxy) is 1. The van der Waals surface area contributed by atoms with Crippen LogP contribution >= 0.6 is 24.8 Å². The first-order valence-electron chi connectivity index (χ1n) is 9.49. The number of nitrogens with two attached hydrogens (primary N) is 1. The van der Waals surface area contributed by atoms with Crippen LogP contribution in [0, 0.1) is 5.92 Å². The zero-order valence-corrected chi connectivity index (χ0v) is 17.9. The van der Waals surface area contributed by atoms with Gasteiger partial charge >= 0.3 is 0 Å². The van der Waals surface area contributed by atoms with Crippen LogP contribution in [0.15, 0.2) is 24.3 Å². The second-order valence-corrected chi connectivity index (χ2v) is 7.72. The number of carbonyl (C=O) groups excluding carboxylic acids is 1. The van der Waals surface area contributed by atoms with Gasteiger partial charge in [0, 0.05) is 38.4 Å². The highest BCUT2D eigenvalue weighted by molar-refractivity contribution is 5.85. The molecule has 2 saturated heterocycles. The lowest BCUT2D eigenvalue weighted by Gasteiger charge is -2.39. The van der Waals surface area contributed by atoms with Crippen molar-refractivity contribution in [2.45, 2.75) is 45.3 Å². The molecule has 5 nitrogen and oxygen atoms in total. The Hall–Kier alpha value is -1.01.